The van der Waals surface area contributed by atoms with Gasteiger partial charge in [0.25, 0.3) is 0 Å². The smallest absolute Gasteiger partial charge is 0.235 e. The summed E-state index contributed by atoms with van der Waals surface area (Å²) in [7, 11) is 0. The molecule has 1 radical (unpaired) electrons. The number of hydrogen-bond acceptors (Lipinski definition) is 3. The van der Waals surface area contributed by atoms with E-state index in [9.17, 15) is 4.79 Å². The quantitative estimate of drug-likeness (QED) is 0.671. The largest absolute Gasteiger partial charge is 0.453 e. The number of hydrogen-bond donors (Lipinski definition) is 1. The molecule has 1 N–H and O–H groups in total. The van der Waals surface area contributed by atoms with Gasteiger partial charge in [-0.05, 0) is 24.3 Å². The highest BCUT2D eigenvalue weighted by atomic mass is 16.5. The maximum absolute atomic E-state index is 10.8. The molecule has 3 heteroatoms. The molecule has 0 aliphatic carbocycles. The summed E-state index contributed by atoms with van der Waals surface area (Å²) < 4.78 is 5.68. The van der Waals surface area contributed by atoms with Crippen molar-refractivity contribution in [2.75, 3.05) is 5.32 Å². The van der Waals surface area contributed by atoms with E-state index in [1.807, 2.05) is 36.6 Å². The molecule has 2 aromatic carbocycles. The van der Waals surface area contributed by atoms with Gasteiger partial charge in [-0.25, -0.2) is 0 Å². The van der Waals surface area contributed by atoms with E-state index >= 15 is 0 Å². The SMILES string of the molecule is O=[C]c1cccc2c1Nc1ccccc1O2. The van der Waals surface area contributed by atoms with Crippen molar-refractivity contribution in [3.05, 3.63) is 48.0 Å². The predicted octanol–water partition coefficient (Wildman–Crippen LogP) is 2.99. The van der Waals surface area contributed by atoms with Crippen LogP contribution in [0.3, 0.4) is 0 Å². The molecule has 0 amide bonds. The van der Waals surface area contributed by atoms with Crippen molar-refractivity contribution in [3.8, 4) is 11.5 Å². The Bertz CT molecular complexity index is 564. The first-order valence-electron chi connectivity index (χ1n) is 4.93. The van der Waals surface area contributed by atoms with Gasteiger partial charge in [-0.2, -0.15) is 0 Å². The van der Waals surface area contributed by atoms with E-state index in [4.69, 9.17) is 4.74 Å². The van der Waals surface area contributed by atoms with Crippen LogP contribution in [0.4, 0.5) is 11.4 Å². The zero-order valence-electron chi connectivity index (χ0n) is 8.36. The zero-order valence-corrected chi connectivity index (χ0v) is 8.36. The summed E-state index contributed by atoms with van der Waals surface area (Å²) in [5, 5.41) is 3.17. The molecule has 0 spiro atoms. The van der Waals surface area contributed by atoms with Crippen LogP contribution in [0, 0.1) is 0 Å². The molecule has 16 heavy (non-hydrogen) atoms. The maximum Gasteiger partial charge on any atom is 0.235 e. The highest BCUT2D eigenvalue weighted by Crippen LogP contribution is 2.42. The molecule has 0 saturated carbocycles. The number of rotatable bonds is 1. The number of para-hydroxylation sites is 3. The van der Waals surface area contributed by atoms with Gasteiger partial charge >= 0.3 is 0 Å². The number of benzene rings is 2. The number of nitrogens with one attached hydrogen (secondary N) is 1. The summed E-state index contributed by atoms with van der Waals surface area (Å²) in [5.74, 6) is 1.41. The van der Waals surface area contributed by atoms with Crippen LogP contribution in [-0.2, 0) is 4.79 Å². The van der Waals surface area contributed by atoms with Gasteiger partial charge in [0, 0.05) is 0 Å². The third kappa shape index (κ3) is 1.26. The van der Waals surface area contributed by atoms with Crippen molar-refractivity contribution in [2.45, 2.75) is 0 Å². The topological polar surface area (TPSA) is 38.3 Å². The Morgan fingerprint density at radius 3 is 2.69 bits per heavy atom. The summed E-state index contributed by atoms with van der Waals surface area (Å²) in [6.07, 6.45) is 1.89. The van der Waals surface area contributed by atoms with Crippen molar-refractivity contribution in [1.29, 1.82) is 0 Å². The Morgan fingerprint density at radius 1 is 1.00 bits per heavy atom. The van der Waals surface area contributed by atoms with Gasteiger partial charge in [0.15, 0.2) is 11.5 Å². The molecule has 3 nitrogen and oxygen atoms in total. The van der Waals surface area contributed by atoms with Crippen molar-refractivity contribution >= 4 is 17.7 Å². The molecule has 3 rings (SSSR count). The van der Waals surface area contributed by atoms with Gasteiger partial charge in [0.2, 0.25) is 6.29 Å². The Labute approximate surface area is 92.7 Å². The number of ether oxygens (including phenoxy) is 1. The first-order chi connectivity index (χ1) is 7.88. The van der Waals surface area contributed by atoms with E-state index in [1.54, 1.807) is 12.1 Å². The molecule has 0 fully saturated rings. The van der Waals surface area contributed by atoms with Crippen molar-refractivity contribution < 1.29 is 9.53 Å². The molecular weight excluding hydrogens is 202 g/mol. The normalized spacial score (nSPS) is 11.8. The number of fused-ring (bicyclic) bond motifs is 2. The molecule has 0 unspecified atom stereocenters. The van der Waals surface area contributed by atoms with Gasteiger partial charge in [0.05, 0.1) is 16.9 Å². The second-order valence-electron chi connectivity index (χ2n) is 3.50. The van der Waals surface area contributed by atoms with E-state index in [1.165, 1.54) is 0 Å². The number of anilines is 2. The molecule has 1 heterocycles. The Morgan fingerprint density at radius 2 is 1.81 bits per heavy atom. The van der Waals surface area contributed by atoms with E-state index in [0.717, 1.165) is 11.4 Å². The lowest BCUT2D eigenvalue weighted by Gasteiger charge is -2.22. The molecule has 0 atom stereocenters. The fourth-order valence-corrected chi connectivity index (χ4v) is 1.74. The molecule has 0 bridgehead atoms. The minimum absolute atomic E-state index is 0.479. The third-order valence-electron chi connectivity index (χ3n) is 2.50. The van der Waals surface area contributed by atoms with Crippen molar-refractivity contribution in [1.82, 2.24) is 0 Å². The van der Waals surface area contributed by atoms with E-state index in [-0.39, 0.29) is 0 Å². The highest BCUT2D eigenvalue weighted by molar-refractivity contribution is 5.91. The third-order valence-corrected chi connectivity index (χ3v) is 2.50. The average Bonchev–Trinajstić information content (AvgIpc) is 2.35. The van der Waals surface area contributed by atoms with Crippen LogP contribution in [0.5, 0.6) is 11.5 Å². The maximum atomic E-state index is 10.8. The lowest BCUT2D eigenvalue weighted by molar-refractivity contribution is 0.481. The average molecular weight is 210 g/mol. The van der Waals surface area contributed by atoms with Crippen LogP contribution in [-0.4, -0.2) is 6.29 Å². The molecule has 2 aromatic rings. The summed E-state index contributed by atoms with van der Waals surface area (Å²) in [6, 6.07) is 12.9. The fourth-order valence-electron chi connectivity index (χ4n) is 1.74. The van der Waals surface area contributed by atoms with E-state index in [2.05, 4.69) is 5.32 Å². The van der Waals surface area contributed by atoms with Gasteiger partial charge in [-0.15, -0.1) is 0 Å². The van der Waals surface area contributed by atoms with Crippen LogP contribution in [0.15, 0.2) is 42.5 Å². The first kappa shape index (κ1) is 8.97. The lowest BCUT2D eigenvalue weighted by Crippen LogP contribution is -2.04. The van der Waals surface area contributed by atoms with Crippen LogP contribution in [0.1, 0.15) is 5.56 Å². The summed E-state index contributed by atoms with van der Waals surface area (Å²) in [5.41, 5.74) is 2.01. The minimum atomic E-state index is 0.479. The Hall–Kier alpha value is -2.29. The summed E-state index contributed by atoms with van der Waals surface area (Å²) in [6.45, 7) is 0. The molecule has 0 aromatic heterocycles. The standard InChI is InChI=1S/C13H8NO2/c15-8-9-4-3-7-12-13(9)14-10-5-1-2-6-11(10)16-12/h1-7,14H. The first-order valence-corrected chi connectivity index (χ1v) is 4.93. The van der Waals surface area contributed by atoms with Gasteiger partial charge in [-0.1, -0.05) is 18.2 Å². The fraction of sp³-hybridized carbons (Fsp3) is 0. The monoisotopic (exact) mass is 210 g/mol. The second-order valence-corrected chi connectivity index (χ2v) is 3.50. The molecule has 77 valence electrons. The lowest BCUT2D eigenvalue weighted by atomic mass is 10.1. The minimum Gasteiger partial charge on any atom is -0.453 e. The second kappa shape index (κ2) is 3.38. The summed E-state index contributed by atoms with van der Waals surface area (Å²) in [4.78, 5) is 10.8. The molecule has 1 aliphatic rings. The van der Waals surface area contributed by atoms with Crippen LogP contribution in [0.2, 0.25) is 0 Å². The van der Waals surface area contributed by atoms with E-state index in [0.29, 0.717) is 17.0 Å². The van der Waals surface area contributed by atoms with Crippen LogP contribution >= 0.6 is 0 Å². The van der Waals surface area contributed by atoms with Crippen LogP contribution in [0.25, 0.3) is 0 Å². The molecule has 0 saturated heterocycles. The zero-order chi connectivity index (χ0) is 11.0. The Balaban J connectivity index is 2.15. The van der Waals surface area contributed by atoms with E-state index < -0.39 is 0 Å². The molecular formula is C13H8NO2. The molecule has 1 aliphatic heterocycles. The highest BCUT2D eigenvalue weighted by Gasteiger charge is 2.18. The summed E-state index contributed by atoms with van der Waals surface area (Å²) >= 11 is 0. The van der Waals surface area contributed by atoms with Crippen LogP contribution < -0.4 is 10.1 Å². The van der Waals surface area contributed by atoms with Gasteiger partial charge in [-0.3, -0.25) is 4.79 Å². The van der Waals surface area contributed by atoms with Crippen molar-refractivity contribution in [3.63, 3.8) is 0 Å². The number of carbonyl (C=O) groups excluding carboxylic acids is 1. The van der Waals surface area contributed by atoms with Gasteiger partial charge < -0.3 is 10.1 Å². The van der Waals surface area contributed by atoms with Gasteiger partial charge in [0.1, 0.15) is 0 Å². The Kier molecular flexibility index (Phi) is 1.90. The van der Waals surface area contributed by atoms with Crippen molar-refractivity contribution in [2.24, 2.45) is 0 Å². The predicted molar refractivity (Wildman–Crippen MR) is 61.0 cm³/mol.